The summed E-state index contributed by atoms with van der Waals surface area (Å²) in [4.78, 5) is 4.07. The molecule has 0 aliphatic heterocycles. The van der Waals surface area contributed by atoms with Crippen molar-refractivity contribution in [1.82, 2.24) is 10.6 Å². The third-order valence-corrected chi connectivity index (χ3v) is 1.31. The Hall–Kier alpha value is -1.36. The van der Waals surface area contributed by atoms with Gasteiger partial charge in [0, 0.05) is 12.6 Å². The molecule has 0 aromatic carbocycles. The number of hydrogen-bond acceptors (Lipinski definition) is 4. The average molecular weight is 168 g/mol. The van der Waals surface area contributed by atoms with Crippen molar-refractivity contribution in [3.05, 3.63) is 17.5 Å². The van der Waals surface area contributed by atoms with Gasteiger partial charge in [0.25, 0.3) is 0 Å². The minimum atomic E-state index is 0.526. The van der Waals surface area contributed by atoms with E-state index in [4.69, 9.17) is 10.4 Å². The van der Waals surface area contributed by atoms with Crippen molar-refractivity contribution in [1.29, 1.82) is 0 Å². The second-order valence-electron chi connectivity index (χ2n) is 2.30. The number of hydrogen-bond donors (Lipinski definition) is 2. The largest absolute Gasteiger partial charge is 0.353 e. The van der Waals surface area contributed by atoms with Crippen molar-refractivity contribution >= 4 is 5.84 Å². The molecule has 1 aromatic heterocycles. The molecule has 5 nitrogen and oxygen atoms in total. The molecule has 0 atom stereocenters. The number of aryl methyl sites for hydroxylation is 1. The van der Waals surface area contributed by atoms with Gasteiger partial charge in [0.15, 0.2) is 5.84 Å². The van der Waals surface area contributed by atoms with Crippen molar-refractivity contribution in [2.24, 2.45) is 10.8 Å². The second-order valence-corrected chi connectivity index (χ2v) is 2.30. The molecule has 0 aliphatic rings. The molecule has 3 N–H and O–H groups in total. The van der Waals surface area contributed by atoms with Crippen LogP contribution in [0.3, 0.4) is 0 Å². The van der Waals surface area contributed by atoms with Gasteiger partial charge in [-0.25, -0.2) is 5.84 Å². The molecule has 12 heavy (non-hydrogen) atoms. The molecule has 0 aliphatic carbocycles. The minimum Gasteiger partial charge on any atom is -0.353 e. The summed E-state index contributed by atoms with van der Waals surface area (Å²) in [5.41, 5.74) is 3.26. The van der Waals surface area contributed by atoms with E-state index in [0.717, 1.165) is 5.69 Å². The van der Waals surface area contributed by atoms with Crippen LogP contribution in [-0.4, -0.2) is 17.5 Å². The molecule has 0 saturated heterocycles. The van der Waals surface area contributed by atoms with E-state index in [1.807, 2.05) is 13.8 Å². The maximum absolute atomic E-state index is 5.23. The number of rotatable bonds is 2. The highest BCUT2D eigenvalue weighted by atomic mass is 16.5. The van der Waals surface area contributed by atoms with Crippen LogP contribution in [0.1, 0.15) is 18.4 Å². The lowest BCUT2D eigenvalue weighted by atomic mass is 10.3. The van der Waals surface area contributed by atoms with Crippen LogP contribution < -0.4 is 11.3 Å². The summed E-state index contributed by atoms with van der Waals surface area (Å²) in [6.45, 7) is 4.41. The van der Waals surface area contributed by atoms with Gasteiger partial charge in [-0.05, 0) is 13.8 Å². The Bertz CT molecular complexity index is 279. The van der Waals surface area contributed by atoms with Crippen LogP contribution in [0, 0.1) is 6.92 Å². The molecule has 5 heteroatoms. The molecule has 0 radical (unpaired) electrons. The zero-order valence-electron chi connectivity index (χ0n) is 7.16. The quantitative estimate of drug-likeness (QED) is 0.286. The maximum Gasteiger partial charge on any atom is 0.202 e. The number of amidine groups is 1. The van der Waals surface area contributed by atoms with Crippen molar-refractivity contribution < 1.29 is 4.52 Å². The predicted octanol–water partition coefficient (Wildman–Crippen LogP) is 0.213. The molecule has 0 unspecified atom stereocenters. The van der Waals surface area contributed by atoms with Crippen molar-refractivity contribution in [3.8, 4) is 0 Å². The first kappa shape index (κ1) is 8.73. The van der Waals surface area contributed by atoms with Crippen LogP contribution in [0.15, 0.2) is 15.6 Å². The zero-order valence-corrected chi connectivity index (χ0v) is 7.16. The number of aromatic nitrogens is 1. The summed E-state index contributed by atoms with van der Waals surface area (Å²) in [5, 5.41) is 3.72. The Morgan fingerprint density at radius 1 is 1.83 bits per heavy atom. The Morgan fingerprint density at radius 2 is 2.58 bits per heavy atom. The van der Waals surface area contributed by atoms with Crippen LogP contribution in [0.4, 0.5) is 0 Å². The molecule has 1 aromatic rings. The van der Waals surface area contributed by atoms with Gasteiger partial charge in [-0.15, -0.1) is 0 Å². The first-order valence-electron chi connectivity index (χ1n) is 3.72. The smallest absolute Gasteiger partial charge is 0.202 e. The normalized spacial score (nSPS) is 11.8. The first-order valence-corrected chi connectivity index (χ1v) is 3.72. The van der Waals surface area contributed by atoms with E-state index >= 15 is 0 Å². The van der Waals surface area contributed by atoms with E-state index in [0.29, 0.717) is 18.1 Å². The lowest BCUT2D eigenvalue weighted by Crippen LogP contribution is -2.30. The molecule has 0 bridgehead atoms. The van der Waals surface area contributed by atoms with Crippen LogP contribution in [0.2, 0.25) is 0 Å². The van der Waals surface area contributed by atoms with Gasteiger partial charge in [0.1, 0.15) is 0 Å². The molecule has 0 amide bonds. The van der Waals surface area contributed by atoms with Crippen molar-refractivity contribution in [2.75, 3.05) is 6.54 Å². The summed E-state index contributed by atoms with van der Waals surface area (Å²) in [6, 6.07) is 1.77. The SMILES string of the molecule is CCN=C(NN)c1cc(C)no1. The summed E-state index contributed by atoms with van der Waals surface area (Å²) in [5.74, 6) is 6.32. The van der Waals surface area contributed by atoms with Gasteiger partial charge in [-0.1, -0.05) is 5.16 Å². The Kier molecular flexibility index (Phi) is 2.82. The lowest BCUT2D eigenvalue weighted by molar-refractivity contribution is 0.407. The number of nitrogens with zero attached hydrogens (tertiary/aromatic N) is 2. The van der Waals surface area contributed by atoms with E-state index in [1.165, 1.54) is 0 Å². The molecular weight excluding hydrogens is 156 g/mol. The molecule has 66 valence electrons. The topological polar surface area (TPSA) is 76.4 Å². The fourth-order valence-electron chi connectivity index (χ4n) is 0.828. The molecular formula is C7H12N4O. The summed E-state index contributed by atoms with van der Waals surface area (Å²) in [6.07, 6.45) is 0. The van der Waals surface area contributed by atoms with E-state index in [2.05, 4.69) is 15.6 Å². The highest BCUT2D eigenvalue weighted by Gasteiger charge is 2.06. The highest BCUT2D eigenvalue weighted by molar-refractivity contribution is 5.95. The molecule has 1 rings (SSSR count). The lowest BCUT2D eigenvalue weighted by Gasteiger charge is -1.98. The monoisotopic (exact) mass is 168 g/mol. The van der Waals surface area contributed by atoms with Gasteiger partial charge in [0.2, 0.25) is 5.76 Å². The number of aliphatic imine (C=N–C) groups is 1. The second kappa shape index (κ2) is 3.87. The van der Waals surface area contributed by atoms with Gasteiger partial charge in [-0.2, -0.15) is 0 Å². The third-order valence-electron chi connectivity index (χ3n) is 1.31. The summed E-state index contributed by atoms with van der Waals surface area (Å²) < 4.78 is 4.95. The predicted molar refractivity (Wildman–Crippen MR) is 45.6 cm³/mol. The molecule has 0 fully saturated rings. The maximum atomic E-state index is 5.23. The molecule has 1 heterocycles. The van der Waals surface area contributed by atoms with Crippen LogP contribution in [-0.2, 0) is 0 Å². The zero-order chi connectivity index (χ0) is 8.97. The van der Waals surface area contributed by atoms with Gasteiger partial charge in [0.05, 0.1) is 5.69 Å². The van der Waals surface area contributed by atoms with E-state index in [1.54, 1.807) is 6.07 Å². The van der Waals surface area contributed by atoms with E-state index < -0.39 is 0 Å². The van der Waals surface area contributed by atoms with Gasteiger partial charge < -0.3 is 9.95 Å². The summed E-state index contributed by atoms with van der Waals surface area (Å²) in [7, 11) is 0. The standard InChI is InChI=1S/C7H12N4O/c1-3-9-7(10-8)6-4-5(2)11-12-6/h4H,3,8H2,1-2H3,(H,9,10). The van der Waals surface area contributed by atoms with Crippen molar-refractivity contribution in [3.63, 3.8) is 0 Å². The van der Waals surface area contributed by atoms with Gasteiger partial charge >= 0.3 is 0 Å². The third kappa shape index (κ3) is 1.82. The molecule has 0 spiro atoms. The fraction of sp³-hybridized carbons (Fsp3) is 0.429. The first-order chi connectivity index (χ1) is 5.77. The Balaban J connectivity index is 2.87. The average Bonchev–Trinajstić information content (AvgIpc) is 2.47. The minimum absolute atomic E-state index is 0.526. The van der Waals surface area contributed by atoms with Crippen LogP contribution in [0.5, 0.6) is 0 Å². The van der Waals surface area contributed by atoms with Gasteiger partial charge in [-0.3, -0.25) is 4.99 Å². The van der Waals surface area contributed by atoms with Crippen LogP contribution >= 0.6 is 0 Å². The molecule has 0 saturated carbocycles. The fourth-order valence-corrected chi connectivity index (χ4v) is 0.828. The summed E-state index contributed by atoms with van der Waals surface area (Å²) >= 11 is 0. The number of hydrazine groups is 1. The number of nitrogens with one attached hydrogen (secondary N) is 1. The van der Waals surface area contributed by atoms with E-state index in [9.17, 15) is 0 Å². The Morgan fingerprint density at radius 3 is 3.00 bits per heavy atom. The number of nitrogens with two attached hydrogens (primary N) is 1. The van der Waals surface area contributed by atoms with Crippen molar-refractivity contribution in [2.45, 2.75) is 13.8 Å². The van der Waals surface area contributed by atoms with E-state index in [-0.39, 0.29) is 0 Å². The highest BCUT2D eigenvalue weighted by Crippen LogP contribution is 2.01. The van der Waals surface area contributed by atoms with Crippen LogP contribution in [0.25, 0.3) is 0 Å². The Labute approximate surface area is 70.6 Å².